The van der Waals surface area contributed by atoms with Crippen LogP contribution in [0.5, 0.6) is 0 Å². The Morgan fingerprint density at radius 1 is 1.53 bits per heavy atom. The topological polar surface area (TPSA) is 36.4 Å². The van der Waals surface area contributed by atoms with E-state index >= 15 is 0 Å². The third kappa shape index (κ3) is 2.61. The summed E-state index contributed by atoms with van der Waals surface area (Å²) in [4.78, 5) is 6.32. The number of anilines is 1. The van der Waals surface area contributed by atoms with Gasteiger partial charge in [0.15, 0.2) is 0 Å². The molecule has 0 aromatic carbocycles. The molecule has 1 atom stereocenters. The van der Waals surface area contributed by atoms with Crippen molar-refractivity contribution in [3.8, 4) is 0 Å². The van der Waals surface area contributed by atoms with Crippen LogP contribution in [-0.4, -0.2) is 28.8 Å². The summed E-state index contributed by atoms with van der Waals surface area (Å²) in [5.74, 6) is 0.850. The number of β-amino-alcohol motifs (C(OH)–C–C–N with tert-alkyl or cyclic N) is 1. The van der Waals surface area contributed by atoms with Crippen LogP contribution in [0.25, 0.3) is 0 Å². The molecule has 1 N–H and O–H groups in total. The minimum Gasteiger partial charge on any atom is -0.388 e. The van der Waals surface area contributed by atoms with E-state index < -0.39 is 5.60 Å². The molecule has 0 spiro atoms. The maximum Gasteiger partial charge on any atom is 0.131 e. The van der Waals surface area contributed by atoms with E-state index in [4.69, 9.17) is 11.6 Å². The zero-order valence-electron chi connectivity index (χ0n) is 8.78. The highest BCUT2D eigenvalue weighted by molar-refractivity contribution is 6.29. The number of nitrogens with zero attached hydrogens (tertiary/aromatic N) is 2. The summed E-state index contributed by atoms with van der Waals surface area (Å²) in [6.07, 6.45) is 1.84. The van der Waals surface area contributed by atoms with Gasteiger partial charge < -0.3 is 10.0 Å². The summed E-state index contributed by atoms with van der Waals surface area (Å²) in [6, 6.07) is 5.56. The molecule has 0 amide bonds. The molecule has 1 aliphatic heterocycles. The Morgan fingerprint density at radius 3 is 3.00 bits per heavy atom. The van der Waals surface area contributed by atoms with Gasteiger partial charge in [-0.05, 0) is 31.9 Å². The number of hydrogen-bond donors (Lipinski definition) is 1. The van der Waals surface area contributed by atoms with Crippen molar-refractivity contribution in [2.24, 2.45) is 0 Å². The van der Waals surface area contributed by atoms with Crippen molar-refractivity contribution in [1.82, 2.24) is 4.98 Å². The second-order valence-electron chi connectivity index (χ2n) is 4.34. The van der Waals surface area contributed by atoms with Crippen molar-refractivity contribution in [2.75, 3.05) is 18.0 Å². The van der Waals surface area contributed by atoms with Gasteiger partial charge in [0, 0.05) is 13.1 Å². The molecule has 1 aromatic heterocycles. The lowest BCUT2D eigenvalue weighted by atomic mass is 9.95. The van der Waals surface area contributed by atoms with Gasteiger partial charge in [0.1, 0.15) is 11.0 Å². The quantitative estimate of drug-likeness (QED) is 0.745. The van der Waals surface area contributed by atoms with Gasteiger partial charge in [0.05, 0.1) is 5.60 Å². The number of aliphatic hydroxyl groups is 1. The average Bonchev–Trinajstić information content (AvgIpc) is 2.16. The van der Waals surface area contributed by atoms with Crippen LogP contribution in [0.4, 0.5) is 5.82 Å². The molecule has 1 aliphatic rings. The van der Waals surface area contributed by atoms with E-state index in [9.17, 15) is 5.11 Å². The Morgan fingerprint density at radius 2 is 2.33 bits per heavy atom. The van der Waals surface area contributed by atoms with Crippen molar-refractivity contribution in [1.29, 1.82) is 0 Å². The summed E-state index contributed by atoms with van der Waals surface area (Å²) in [6.45, 7) is 3.42. The number of aromatic nitrogens is 1. The van der Waals surface area contributed by atoms with Crippen LogP contribution in [0.2, 0.25) is 5.15 Å². The maximum absolute atomic E-state index is 9.97. The van der Waals surface area contributed by atoms with Crippen LogP contribution < -0.4 is 4.90 Å². The highest BCUT2D eigenvalue weighted by atomic mass is 35.5. The second-order valence-corrected chi connectivity index (χ2v) is 4.73. The van der Waals surface area contributed by atoms with E-state index in [1.165, 1.54) is 0 Å². The first-order valence-corrected chi connectivity index (χ1v) is 5.54. The molecular formula is C11H15ClN2O. The fraction of sp³-hybridized carbons (Fsp3) is 0.545. The lowest BCUT2D eigenvalue weighted by molar-refractivity contribution is 0.0447. The van der Waals surface area contributed by atoms with Crippen LogP contribution >= 0.6 is 11.6 Å². The summed E-state index contributed by atoms with van der Waals surface area (Å²) >= 11 is 5.83. The maximum atomic E-state index is 9.97. The fourth-order valence-corrected chi connectivity index (χ4v) is 2.15. The Bertz CT molecular complexity index is 354. The zero-order chi connectivity index (χ0) is 10.9. The molecule has 1 saturated heterocycles. The van der Waals surface area contributed by atoms with E-state index in [1.54, 1.807) is 6.07 Å². The van der Waals surface area contributed by atoms with Gasteiger partial charge in [-0.1, -0.05) is 17.7 Å². The van der Waals surface area contributed by atoms with Gasteiger partial charge in [-0.2, -0.15) is 0 Å². The smallest absolute Gasteiger partial charge is 0.131 e. The fourth-order valence-electron chi connectivity index (χ4n) is 1.99. The van der Waals surface area contributed by atoms with Crippen molar-refractivity contribution >= 4 is 17.4 Å². The number of pyridine rings is 1. The summed E-state index contributed by atoms with van der Waals surface area (Å²) in [5.41, 5.74) is -0.609. The minimum atomic E-state index is -0.609. The van der Waals surface area contributed by atoms with Gasteiger partial charge in [-0.25, -0.2) is 4.98 Å². The van der Waals surface area contributed by atoms with Crippen molar-refractivity contribution < 1.29 is 5.11 Å². The molecule has 15 heavy (non-hydrogen) atoms. The van der Waals surface area contributed by atoms with Gasteiger partial charge in [-0.15, -0.1) is 0 Å². The predicted octanol–water partition coefficient (Wildman–Crippen LogP) is 2.09. The number of piperidine rings is 1. The molecule has 1 fully saturated rings. The van der Waals surface area contributed by atoms with Crippen molar-refractivity contribution in [3.05, 3.63) is 23.4 Å². The van der Waals surface area contributed by atoms with Crippen LogP contribution in [-0.2, 0) is 0 Å². The lowest BCUT2D eigenvalue weighted by Crippen LogP contribution is -2.46. The van der Waals surface area contributed by atoms with E-state index in [2.05, 4.69) is 9.88 Å². The van der Waals surface area contributed by atoms with E-state index in [0.29, 0.717) is 11.7 Å². The highest BCUT2D eigenvalue weighted by Gasteiger charge is 2.28. The van der Waals surface area contributed by atoms with Gasteiger partial charge >= 0.3 is 0 Å². The predicted molar refractivity (Wildman–Crippen MR) is 61.3 cm³/mol. The largest absolute Gasteiger partial charge is 0.388 e. The molecule has 82 valence electrons. The summed E-state index contributed by atoms with van der Waals surface area (Å²) in [7, 11) is 0. The standard InChI is InChI=1S/C11H15ClN2O/c1-11(15)6-3-7-14(8-11)10-5-2-4-9(12)13-10/h2,4-5,15H,3,6-8H2,1H3. The first-order valence-electron chi connectivity index (χ1n) is 5.17. The van der Waals surface area contributed by atoms with E-state index in [-0.39, 0.29) is 0 Å². The molecule has 0 radical (unpaired) electrons. The number of halogens is 1. The van der Waals surface area contributed by atoms with Crippen LogP contribution in [0, 0.1) is 0 Å². The normalized spacial score (nSPS) is 26.7. The molecule has 4 heteroatoms. The third-order valence-electron chi connectivity index (χ3n) is 2.70. The zero-order valence-corrected chi connectivity index (χ0v) is 9.54. The van der Waals surface area contributed by atoms with Crippen molar-refractivity contribution in [2.45, 2.75) is 25.4 Å². The molecule has 2 heterocycles. The van der Waals surface area contributed by atoms with Crippen LogP contribution in [0.3, 0.4) is 0 Å². The van der Waals surface area contributed by atoms with Crippen molar-refractivity contribution in [3.63, 3.8) is 0 Å². The van der Waals surface area contributed by atoms with Gasteiger partial charge in [0.25, 0.3) is 0 Å². The van der Waals surface area contributed by atoms with E-state index in [0.717, 1.165) is 25.2 Å². The molecular weight excluding hydrogens is 212 g/mol. The highest BCUT2D eigenvalue weighted by Crippen LogP contribution is 2.24. The monoisotopic (exact) mass is 226 g/mol. The average molecular weight is 227 g/mol. The second kappa shape index (κ2) is 3.99. The Hall–Kier alpha value is -0.800. The Labute approximate surface area is 94.7 Å². The number of rotatable bonds is 1. The molecule has 1 aromatic rings. The Kier molecular flexibility index (Phi) is 2.85. The SMILES string of the molecule is CC1(O)CCCN(c2cccc(Cl)n2)C1. The molecule has 2 rings (SSSR count). The first kappa shape index (κ1) is 10.7. The van der Waals surface area contributed by atoms with Crippen LogP contribution in [0.1, 0.15) is 19.8 Å². The van der Waals surface area contributed by atoms with Crippen LogP contribution in [0.15, 0.2) is 18.2 Å². The molecule has 1 unspecified atom stereocenters. The molecule has 0 bridgehead atoms. The number of hydrogen-bond acceptors (Lipinski definition) is 3. The molecule has 0 aliphatic carbocycles. The summed E-state index contributed by atoms with van der Waals surface area (Å²) < 4.78 is 0. The summed E-state index contributed by atoms with van der Waals surface area (Å²) in [5, 5.41) is 10.5. The molecule has 3 nitrogen and oxygen atoms in total. The van der Waals surface area contributed by atoms with Gasteiger partial charge in [-0.3, -0.25) is 0 Å². The minimum absolute atomic E-state index is 0.498. The van der Waals surface area contributed by atoms with E-state index in [1.807, 2.05) is 19.1 Å². The lowest BCUT2D eigenvalue weighted by Gasteiger charge is -2.37. The van der Waals surface area contributed by atoms with Gasteiger partial charge in [0.2, 0.25) is 0 Å². The molecule has 0 saturated carbocycles. The Balaban J connectivity index is 2.17. The first-order chi connectivity index (χ1) is 7.07. The third-order valence-corrected chi connectivity index (χ3v) is 2.91.